The van der Waals surface area contributed by atoms with Crippen molar-refractivity contribution in [2.24, 2.45) is 5.41 Å². The number of hydrogen-bond donors (Lipinski definition) is 0. The number of likely N-dealkylation sites (tertiary alicyclic amines) is 1. The molecule has 2 unspecified atom stereocenters. The summed E-state index contributed by atoms with van der Waals surface area (Å²) in [7, 11) is 0. The predicted octanol–water partition coefficient (Wildman–Crippen LogP) is 2.56. The molecule has 2 fully saturated rings. The molecule has 0 radical (unpaired) electrons. The van der Waals surface area contributed by atoms with E-state index in [2.05, 4.69) is 34.7 Å². The molecular formula is C11H18BrNO. The van der Waals surface area contributed by atoms with Crippen LogP contribution in [0.1, 0.15) is 39.5 Å². The summed E-state index contributed by atoms with van der Waals surface area (Å²) >= 11 is 3.46. The van der Waals surface area contributed by atoms with Crippen molar-refractivity contribution in [2.45, 2.75) is 50.4 Å². The van der Waals surface area contributed by atoms with Crippen LogP contribution in [0.4, 0.5) is 0 Å². The van der Waals surface area contributed by atoms with Gasteiger partial charge >= 0.3 is 0 Å². The second-order valence-electron chi connectivity index (χ2n) is 5.18. The molecule has 1 aliphatic heterocycles. The van der Waals surface area contributed by atoms with Crippen LogP contribution in [-0.4, -0.2) is 28.2 Å². The third kappa shape index (κ3) is 1.60. The van der Waals surface area contributed by atoms with E-state index in [-0.39, 0.29) is 4.83 Å². The van der Waals surface area contributed by atoms with Gasteiger partial charge < -0.3 is 4.90 Å². The van der Waals surface area contributed by atoms with Gasteiger partial charge in [0.15, 0.2) is 0 Å². The van der Waals surface area contributed by atoms with Crippen molar-refractivity contribution >= 4 is 21.8 Å². The van der Waals surface area contributed by atoms with E-state index in [1.54, 1.807) is 0 Å². The molecule has 1 aliphatic carbocycles. The third-order valence-electron chi connectivity index (χ3n) is 3.75. The van der Waals surface area contributed by atoms with Crippen LogP contribution in [0.15, 0.2) is 0 Å². The molecule has 0 N–H and O–H groups in total. The van der Waals surface area contributed by atoms with E-state index in [1.165, 1.54) is 12.8 Å². The zero-order valence-corrected chi connectivity index (χ0v) is 10.5. The van der Waals surface area contributed by atoms with Gasteiger partial charge in [0.1, 0.15) is 0 Å². The largest absolute Gasteiger partial charge is 0.338 e. The Balaban J connectivity index is 2.07. The van der Waals surface area contributed by atoms with E-state index in [1.807, 2.05) is 0 Å². The molecule has 2 rings (SSSR count). The summed E-state index contributed by atoms with van der Waals surface area (Å²) in [5, 5.41) is 0. The van der Waals surface area contributed by atoms with E-state index in [4.69, 9.17) is 0 Å². The zero-order chi connectivity index (χ0) is 10.3. The number of alkyl halides is 1. The van der Waals surface area contributed by atoms with E-state index in [9.17, 15) is 4.79 Å². The molecular weight excluding hydrogens is 242 g/mol. The van der Waals surface area contributed by atoms with Gasteiger partial charge in [0.25, 0.3) is 0 Å². The number of halogens is 1. The number of amides is 1. The lowest BCUT2D eigenvalue weighted by atomic mass is 9.66. The normalized spacial score (nSPS) is 36.8. The monoisotopic (exact) mass is 259 g/mol. The number of piperidine rings is 1. The molecule has 0 aromatic heterocycles. The Morgan fingerprint density at radius 2 is 2.14 bits per heavy atom. The topological polar surface area (TPSA) is 20.3 Å². The van der Waals surface area contributed by atoms with E-state index in [0.717, 1.165) is 19.4 Å². The standard InChI is InChI=1S/C11H18BrNO/c1-11(2)6-5-9(11)13-7-3-4-8(12)10(13)14/h8-9H,3-7H2,1-2H3. The van der Waals surface area contributed by atoms with Gasteiger partial charge in [-0.25, -0.2) is 0 Å². The highest BCUT2D eigenvalue weighted by Crippen LogP contribution is 2.44. The Hall–Kier alpha value is -0.0500. The number of carbonyl (C=O) groups excluding carboxylic acids is 1. The van der Waals surface area contributed by atoms with Crippen LogP contribution in [0.3, 0.4) is 0 Å². The molecule has 0 spiro atoms. The van der Waals surface area contributed by atoms with Crippen molar-refractivity contribution in [1.82, 2.24) is 4.90 Å². The minimum atomic E-state index is 0.0765. The van der Waals surface area contributed by atoms with Crippen molar-refractivity contribution in [1.29, 1.82) is 0 Å². The first-order valence-corrected chi connectivity index (χ1v) is 6.38. The zero-order valence-electron chi connectivity index (χ0n) is 8.92. The van der Waals surface area contributed by atoms with Crippen LogP contribution in [-0.2, 0) is 4.79 Å². The Morgan fingerprint density at radius 1 is 1.43 bits per heavy atom. The Morgan fingerprint density at radius 3 is 2.64 bits per heavy atom. The lowest BCUT2D eigenvalue weighted by Crippen LogP contribution is -2.57. The van der Waals surface area contributed by atoms with Gasteiger partial charge in [0.2, 0.25) is 5.91 Å². The number of carbonyl (C=O) groups is 1. The van der Waals surface area contributed by atoms with Crippen LogP contribution in [0, 0.1) is 5.41 Å². The lowest BCUT2D eigenvalue weighted by Gasteiger charge is -2.52. The van der Waals surface area contributed by atoms with Crippen molar-refractivity contribution in [2.75, 3.05) is 6.54 Å². The molecule has 2 atom stereocenters. The first kappa shape index (κ1) is 10.5. The summed E-state index contributed by atoms with van der Waals surface area (Å²) in [6.45, 7) is 5.51. The van der Waals surface area contributed by atoms with Crippen molar-refractivity contribution in [3.8, 4) is 0 Å². The molecule has 1 amide bonds. The molecule has 1 heterocycles. The van der Waals surface area contributed by atoms with Gasteiger partial charge in [-0.3, -0.25) is 4.79 Å². The fraction of sp³-hybridized carbons (Fsp3) is 0.909. The highest BCUT2D eigenvalue weighted by molar-refractivity contribution is 9.10. The lowest BCUT2D eigenvalue weighted by molar-refractivity contribution is -0.142. The summed E-state index contributed by atoms with van der Waals surface area (Å²) < 4.78 is 0. The summed E-state index contributed by atoms with van der Waals surface area (Å²) in [6, 6.07) is 0.496. The first-order chi connectivity index (χ1) is 6.52. The first-order valence-electron chi connectivity index (χ1n) is 5.47. The predicted molar refractivity (Wildman–Crippen MR) is 60.5 cm³/mol. The average molecular weight is 260 g/mol. The second kappa shape index (κ2) is 3.51. The smallest absolute Gasteiger partial charge is 0.236 e. The van der Waals surface area contributed by atoms with Gasteiger partial charge in [0.05, 0.1) is 4.83 Å². The van der Waals surface area contributed by atoms with Crippen LogP contribution in [0.2, 0.25) is 0 Å². The summed E-state index contributed by atoms with van der Waals surface area (Å²) in [6.07, 6.45) is 4.60. The van der Waals surface area contributed by atoms with E-state index >= 15 is 0 Å². The SMILES string of the molecule is CC1(C)CCC1N1CCCC(Br)C1=O. The molecule has 14 heavy (non-hydrogen) atoms. The van der Waals surface area contributed by atoms with Crippen LogP contribution in [0.5, 0.6) is 0 Å². The Bertz CT molecular complexity index is 252. The van der Waals surface area contributed by atoms with Crippen LogP contribution < -0.4 is 0 Å². The summed E-state index contributed by atoms with van der Waals surface area (Å²) in [5.74, 6) is 0.314. The molecule has 80 valence electrons. The minimum absolute atomic E-state index is 0.0765. The maximum absolute atomic E-state index is 11.9. The maximum atomic E-state index is 11.9. The van der Waals surface area contributed by atoms with Gasteiger partial charge in [0, 0.05) is 12.6 Å². The van der Waals surface area contributed by atoms with Gasteiger partial charge in [-0.15, -0.1) is 0 Å². The number of rotatable bonds is 1. The highest BCUT2D eigenvalue weighted by Gasteiger charge is 2.45. The number of nitrogens with zero attached hydrogens (tertiary/aromatic N) is 1. The summed E-state index contributed by atoms with van der Waals surface area (Å²) in [4.78, 5) is 14.1. The van der Waals surface area contributed by atoms with Crippen LogP contribution in [0.25, 0.3) is 0 Å². The maximum Gasteiger partial charge on any atom is 0.236 e. The van der Waals surface area contributed by atoms with Gasteiger partial charge in [-0.1, -0.05) is 29.8 Å². The Kier molecular flexibility index (Phi) is 2.63. The molecule has 0 aromatic carbocycles. The van der Waals surface area contributed by atoms with Gasteiger partial charge in [-0.2, -0.15) is 0 Å². The van der Waals surface area contributed by atoms with E-state index in [0.29, 0.717) is 17.4 Å². The molecule has 1 saturated heterocycles. The summed E-state index contributed by atoms with van der Waals surface area (Å²) in [5.41, 5.74) is 0.347. The minimum Gasteiger partial charge on any atom is -0.338 e. The second-order valence-corrected chi connectivity index (χ2v) is 6.29. The molecule has 3 heteroatoms. The third-order valence-corrected chi connectivity index (χ3v) is 4.60. The molecule has 2 aliphatic rings. The van der Waals surface area contributed by atoms with Crippen molar-refractivity contribution < 1.29 is 4.79 Å². The Labute approximate surface area is 94.2 Å². The fourth-order valence-corrected chi connectivity index (χ4v) is 3.18. The molecule has 0 aromatic rings. The fourth-order valence-electron chi connectivity index (χ4n) is 2.59. The van der Waals surface area contributed by atoms with Gasteiger partial charge in [-0.05, 0) is 31.1 Å². The molecule has 0 bridgehead atoms. The van der Waals surface area contributed by atoms with E-state index < -0.39 is 0 Å². The van der Waals surface area contributed by atoms with Crippen molar-refractivity contribution in [3.63, 3.8) is 0 Å². The quantitative estimate of drug-likeness (QED) is 0.663. The number of hydrogen-bond acceptors (Lipinski definition) is 1. The molecule has 2 nitrogen and oxygen atoms in total. The average Bonchev–Trinajstić information content (AvgIpc) is 2.11. The molecule has 1 saturated carbocycles. The highest BCUT2D eigenvalue weighted by atomic mass is 79.9. The van der Waals surface area contributed by atoms with Crippen molar-refractivity contribution in [3.05, 3.63) is 0 Å². The van der Waals surface area contributed by atoms with Crippen LogP contribution >= 0.6 is 15.9 Å².